The fraction of sp³-hybridized carbons (Fsp3) is 0.533. The first kappa shape index (κ1) is 13.9. The molecular formula is C15H21NO3. The highest BCUT2D eigenvalue weighted by Gasteiger charge is 2.38. The van der Waals surface area contributed by atoms with Gasteiger partial charge in [0, 0.05) is 5.56 Å². The predicted octanol–water partition coefficient (Wildman–Crippen LogP) is 2.38. The van der Waals surface area contributed by atoms with Crippen molar-refractivity contribution in [2.75, 3.05) is 13.2 Å². The number of nitrogens with one attached hydrogen (secondary N) is 1. The molecule has 0 bridgehead atoms. The molecule has 0 spiro atoms. The largest absolute Gasteiger partial charge is 0.494 e. The first-order valence-corrected chi connectivity index (χ1v) is 6.78. The standard InChI is InChI=1S/C15H21NO3/c1-3-19-13-7-5-4-6-12(13)15(2,14(17)18)16-10-11-8-9-11/h4-7,11,16H,3,8-10H2,1-2H3,(H,17,18). The maximum absolute atomic E-state index is 11.7. The summed E-state index contributed by atoms with van der Waals surface area (Å²) in [4.78, 5) is 11.7. The van der Waals surface area contributed by atoms with Crippen LogP contribution in [0.25, 0.3) is 0 Å². The van der Waals surface area contributed by atoms with Crippen molar-refractivity contribution in [1.82, 2.24) is 5.32 Å². The van der Waals surface area contributed by atoms with E-state index in [4.69, 9.17) is 4.74 Å². The van der Waals surface area contributed by atoms with Crippen molar-refractivity contribution in [1.29, 1.82) is 0 Å². The SMILES string of the molecule is CCOc1ccccc1C(C)(NCC1CC1)C(=O)O. The fourth-order valence-corrected chi connectivity index (χ4v) is 2.12. The van der Waals surface area contributed by atoms with E-state index in [1.807, 2.05) is 31.2 Å². The van der Waals surface area contributed by atoms with Gasteiger partial charge in [-0.05, 0) is 45.2 Å². The molecule has 104 valence electrons. The van der Waals surface area contributed by atoms with Crippen molar-refractivity contribution in [2.24, 2.45) is 5.92 Å². The lowest BCUT2D eigenvalue weighted by Gasteiger charge is -2.28. The molecular weight excluding hydrogens is 242 g/mol. The lowest BCUT2D eigenvalue weighted by molar-refractivity contribution is -0.144. The number of benzene rings is 1. The van der Waals surface area contributed by atoms with Gasteiger partial charge < -0.3 is 9.84 Å². The first-order valence-electron chi connectivity index (χ1n) is 6.78. The Kier molecular flexibility index (Phi) is 4.10. The Morgan fingerprint density at radius 1 is 1.47 bits per heavy atom. The summed E-state index contributed by atoms with van der Waals surface area (Å²) in [7, 11) is 0. The molecule has 0 radical (unpaired) electrons. The smallest absolute Gasteiger partial charge is 0.328 e. The van der Waals surface area contributed by atoms with Crippen molar-refractivity contribution in [3.63, 3.8) is 0 Å². The molecule has 1 aliphatic carbocycles. The number of hydrogen-bond acceptors (Lipinski definition) is 3. The minimum Gasteiger partial charge on any atom is -0.494 e. The molecule has 2 N–H and O–H groups in total. The van der Waals surface area contributed by atoms with Crippen molar-refractivity contribution >= 4 is 5.97 Å². The Bertz CT molecular complexity index is 456. The molecule has 1 fully saturated rings. The van der Waals surface area contributed by atoms with Gasteiger partial charge in [-0.15, -0.1) is 0 Å². The van der Waals surface area contributed by atoms with E-state index in [1.54, 1.807) is 6.92 Å². The highest BCUT2D eigenvalue weighted by molar-refractivity contribution is 5.81. The van der Waals surface area contributed by atoms with Crippen LogP contribution in [0.4, 0.5) is 0 Å². The second-order valence-corrected chi connectivity index (χ2v) is 5.18. The van der Waals surface area contributed by atoms with Crippen molar-refractivity contribution in [2.45, 2.75) is 32.2 Å². The molecule has 0 saturated heterocycles. The van der Waals surface area contributed by atoms with Gasteiger partial charge in [0.15, 0.2) is 0 Å². The van der Waals surface area contributed by atoms with E-state index in [1.165, 1.54) is 12.8 Å². The Morgan fingerprint density at radius 2 is 2.16 bits per heavy atom. The molecule has 1 unspecified atom stereocenters. The Labute approximate surface area is 113 Å². The maximum Gasteiger partial charge on any atom is 0.328 e. The second-order valence-electron chi connectivity index (χ2n) is 5.18. The summed E-state index contributed by atoms with van der Waals surface area (Å²) in [6.07, 6.45) is 2.38. The summed E-state index contributed by atoms with van der Waals surface area (Å²) in [5, 5.41) is 12.8. The molecule has 0 aromatic heterocycles. The van der Waals surface area contributed by atoms with Crippen LogP contribution in [-0.4, -0.2) is 24.2 Å². The molecule has 4 heteroatoms. The minimum absolute atomic E-state index is 0.523. The topological polar surface area (TPSA) is 58.6 Å². The number of aliphatic carboxylic acids is 1. The Morgan fingerprint density at radius 3 is 2.74 bits per heavy atom. The van der Waals surface area contributed by atoms with Gasteiger partial charge in [-0.1, -0.05) is 18.2 Å². The number of ether oxygens (including phenoxy) is 1. The third kappa shape index (κ3) is 3.07. The Hall–Kier alpha value is -1.55. The molecule has 0 heterocycles. The van der Waals surface area contributed by atoms with Crippen LogP contribution in [0.5, 0.6) is 5.75 Å². The van der Waals surface area contributed by atoms with E-state index >= 15 is 0 Å². The van der Waals surface area contributed by atoms with Crippen molar-refractivity contribution in [3.8, 4) is 5.75 Å². The molecule has 1 saturated carbocycles. The number of carbonyl (C=O) groups is 1. The zero-order chi connectivity index (χ0) is 13.9. The van der Waals surface area contributed by atoms with E-state index in [0.717, 1.165) is 6.54 Å². The highest BCUT2D eigenvalue weighted by Crippen LogP contribution is 2.33. The predicted molar refractivity (Wildman–Crippen MR) is 73.3 cm³/mol. The van der Waals surface area contributed by atoms with Gasteiger partial charge in [-0.25, -0.2) is 4.79 Å². The van der Waals surface area contributed by atoms with Gasteiger partial charge in [0.05, 0.1) is 6.61 Å². The van der Waals surface area contributed by atoms with Gasteiger partial charge >= 0.3 is 5.97 Å². The number of carboxylic acids is 1. The summed E-state index contributed by atoms with van der Waals surface area (Å²) >= 11 is 0. The normalized spacial score (nSPS) is 17.8. The summed E-state index contributed by atoms with van der Waals surface area (Å²) in [6, 6.07) is 7.34. The third-order valence-electron chi connectivity index (χ3n) is 3.59. The number of carboxylic acid groups (broad SMARTS) is 1. The highest BCUT2D eigenvalue weighted by atomic mass is 16.5. The van der Waals surface area contributed by atoms with Crippen LogP contribution < -0.4 is 10.1 Å². The van der Waals surface area contributed by atoms with Gasteiger partial charge in [0.25, 0.3) is 0 Å². The zero-order valence-corrected chi connectivity index (χ0v) is 11.5. The number of para-hydroxylation sites is 1. The van der Waals surface area contributed by atoms with Crippen molar-refractivity contribution in [3.05, 3.63) is 29.8 Å². The van der Waals surface area contributed by atoms with E-state index < -0.39 is 11.5 Å². The molecule has 1 aromatic carbocycles. The quantitative estimate of drug-likeness (QED) is 0.793. The van der Waals surface area contributed by atoms with Gasteiger partial charge in [-0.3, -0.25) is 5.32 Å². The fourth-order valence-electron chi connectivity index (χ4n) is 2.12. The minimum atomic E-state index is -1.10. The van der Waals surface area contributed by atoms with Crippen LogP contribution >= 0.6 is 0 Å². The third-order valence-corrected chi connectivity index (χ3v) is 3.59. The van der Waals surface area contributed by atoms with Gasteiger partial charge in [0.2, 0.25) is 0 Å². The molecule has 1 aromatic rings. The van der Waals surface area contributed by atoms with E-state index in [2.05, 4.69) is 5.32 Å². The van der Waals surface area contributed by atoms with Crippen LogP contribution in [0.3, 0.4) is 0 Å². The molecule has 0 amide bonds. The lowest BCUT2D eigenvalue weighted by Crippen LogP contribution is -2.47. The summed E-state index contributed by atoms with van der Waals surface area (Å²) < 4.78 is 5.55. The molecule has 19 heavy (non-hydrogen) atoms. The van der Waals surface area contributed by atoms with Crippen molar-refractivity contribution < 1.29 is 14.6 Å². The molecule has 0 aliphatic heterocycles. The number of rotatable bonds is 7. The van der Waals surface area contributed by atoms with Crippen LogP contribution in [0, 0.1) is 5.92 Å². The first-order chi connectivity index (χ1) is 9.08. The van der Waals surface area contributed by atoms with Gasteiger partial charge in [-0.2, -0.15) is 0 Å². The molecule has 1 atom stereocenters. The van der Waals surface area contributed by atoms with Gasteiger partial charge in [0.1, 0.15) is 11.3 Å². The lowest BCUT2D eigenvalue weighted by atomic mass is 9.91. The molecule has 4 nitrogen and oxygen atoms in total. The van der Waals surface area contributed by atoms with E-state index in [-0.39, 0.29) is 0 Å². The van der Waals surface area contributed by atoms with Crippen LogP contribution in [0.2, 0.25) is 0 Å². The zero-order valence-electron chi connectivity index (χ0n) is 11.5. The second kappa shape index (κ2) is 5.61. The van der Waals surface area contributed by atoms with E-state index in [9.17, 15) is 9.90 Å². The average Bonchev–Trinajstić information content (AvgIpc) is 3.21. The number of hydrogen-bond donors (Lipinski definition) is 2. The Balaban J connectivity index is 2.28. The summed E-state index contributed by atoms with van der Waals surface area (Å²) in [5.41, 5.74) is -0.418. The molecule has 1 aliphatic rings. The van der Waals surface area contributed by atoms with Crippen LogP contribution in [-0.2, 0) is 10.3 Å². The molecule has 2 rings (SSSR count). The average molecular weight is 263 g/mol. The van der Waals surface area contributed by atoms with Crippen LogP contribution in [0.15, 0.2) is 24.3 Å². The summed E-state index contributed by atoms with van der Waals surface area (Å²) in [5.74, 6) is 0.386. The van der Waals surface area contributed by atoms with Crippen LogP contribution in [0.1, 0.15) is 32.3 Å². The maximum atomic E-state index is 11.7. The summed E-state index contributed by atoms with van der Waals surface area (Å²) in [6.45, 7) is 4.86. The monoisotopic (exact) mass is 263 g/mol. The van der Waals surface area contributed by atoms with E-state index in [0.29, 0.717) is 23.8 Å².